The maximum atomic E-state index is 13.0. The molecule has 5 rings (SSSR count). The van der Waals surface area contributed by atoms with Crippen molar-refractivity contribution in [2.45, 2.75) is 31.6 Å². The minimum absolute atomic E-state index is 0.112. The summed E-state index contributed by atoms with van der Waals surface area (Å²) in [5.74, 6) is 0.526. The Kier molecular flexibility index (Phi) is 5.66. The second-order valence-corrected chi connectivity index (χ2v) is 10.2. The van der Waals surface area contributed by atoms with E-state index in [-0.39, 0.29) is 35.6 Å². The molecule has 34 heavy (non-hydrogen) atoms. The third-order valence-electron chi connectivity index (χ3n) is 6.07. The number of rotatable bonds is 5. The largest absolute Gasteiger partial charge is 0.360 e. The van der Waals surface area contributed by atoms with Gasteiger partial charge in [0.05, 0.1) is 5.69 Å². The summed E-state index contributed by atoms with van der Waals surface area (Å²) in [6.45, 7) is 3.74. The number of aryl methyl sites for hydroxylation is 2. The second kappa shape index (κ2) is 8.65. The lowest BCUT2D eigenvalue weighted by atomic mass is 9.97. The number of nitrogens with one attached hydrogen (secondary N) is 1. The Morgan fingerprint density at radius 2 is 1.88 bits per heavy atom. The molecule has 0 aliphatic carbocycles. The smallest absolute Gasteiger partial charge is 0.248 e. The summed E-state index contributed by atoms with van der Waals surface area (Å²) in [5, 5.41) is 6.70. The van der Waals surface area contributed by atoms with E-state index >= 15 is 0 Å². The number of carbonyl (C=O) groups is 1. The highest BCUT2D eigenvalue weighted by atomic mass is 32.2. The van der Waals surface area contributed by atoms with Crippen molar-refractivity contribution in [1.82, 2.24) is 23.8 Å². The van der Waals surface area contributed by atoms with Gasteiger partial charge in [-0.05, 0) is 44.9 Å². The van der Waals surface area contributed by atoms with Crippen LogP contribution in [0, 0.1) is 19.8 Å². The van der Waals surface area contributed by atoms with Crippen molar-refractivity contribution in [2.75, 3.05) is 18.4 Å². The van der Waals surface area contributed by atoms with Crippen molar-refractivity contribution in [3.05, 3.63) is 60.4 Å². The van der Waals surface area contributed by atoms with Crippen LogP contribution in [0.5, 0.6) is 0 Å². The van der Waals surface area contributed by atoms with Gasteiger partial charge in [0, 0.05) is 48.8 Å². The average molecular weight is 481 g/mol. The van der Waals surface area contributed by atoms with Crippen LogP contribution in [0.3, 0.4) is 0 Å². The van der Waals surface area contributed by atoms with E-state index in [1.165, 1.54) is 4.31 Å². The number of imidazole rings is 1. The normalized spacial score (nSPS) is 15.6. The SMILES string of the molecule is Cc1noc(C)c1S(=O)(=O)N1CCC(C(=O)Nc2ccc(-c3cn4cccnc4n3)cc2)CC1. The first-order valence-electron chi connectivity index (χ1n) is 11.0. The zero-order chi connectivity index (χ0) is 23.9. The van der Waals surface area contributed by atoms with Gasteiger partial charge in [0.15, 0.2) is 5.76 Å². The molecule has 3 aromatic heterocycles. The number of carbonyl (C=O) groups excluding carboxylic acids is 1. The summed E-state index contributed by atoms with van der Waals surface area (Å²) in [6.07, 6.45) is 6.38. The quantitative estimate of drug-likeness (QED) is 0.466. The van der Waals surface area contributed by atoms with Crippen molar-refractivity contribution in [3.8, 4) is 11.3 Å². The number of nitrogens with zero attached hydrogens (tertiary/aromatic N) is 5. The lowest BCUT2D eigenvalue weighted by molar-refractivity contribution is -0.120. The van der Waals surface area contributed by atoms with E-state index in [2.05, 4.69) is 20.4 Å². The van der Waals surface area contributed by atoms with Gasteiger partial charge in [0.1, 0.15) is 10.6 Å². The van der Waals surface area contributed by atoms with Crippen LogP contribution in [0.2, 0.25) is 0 Å². The summed E-state index contributed by atoms with van der Waals surface area (Å²) in [6, 6.07) is 9.31. The topological polar surface area (TPSA) is 123 Å². The van der Waals surface area contributed by atoms with Gasteiger partial charge in [-0.3, -0.25) is 9.20 Å². The van der Waals surface area contributed by atoms with Gasteiger partial charge < -0.3 is 9.84 Å². The molecular weight excluding hydrogens is 456 g/mol. The highest BCUT2D eigenvalue weighted by Gasteiger charge is 2.35. The van der Waals surface area contributed by atoms with Crippen molar-refractivity contribution >= 4 is 27.4 Å². The molecule has 0 atom stereocenters. The van der Waals surface area contributed by atoms with Gasteiger partial charge in [-0.25, -0.2) is 18.4 Å². The highest BCUT2D eigenvalue weighted by Crippen LogP contribution is 2.28. The maximum absolute atomic E-state index is 13.0. The predicted molar refractivity (Wildman–Crippen MR) is 125 cm³/mol. The number of piperidine rings is 1. The molecule has 11 heteroatoms. The Balaban J connectivity index is 1.21. The van der Waals surface area contributed by atoms with Crippen molar-refractivity contribution in [2.24, 2.45) is 5.92 Å². The summed E-state index contributed by atoms with van der Waals surface area (Å²) >= 11 is 0. The van der Waals surface area contributed by atoms with Crippen molar-refractivity contribution in [1.29, 1.82) is 0 Å². The Hall–Kier alpha value is -3.57. The standard InChI is InChI=1S/C23H24N6O4S/c1-15-21(16(2)33-27-15)34(31,32)29-12-8-18(9-13-29)22(30)25-19-6-4-17(5-7-19)20-14-28-11-3-10-24-23(28)26-20/h3-7,10-11,14,18H,8-9,12-13H2,1-2H3,(H,25,30). The maximum Gasteiger partial charge on any atom is 0.248 e. The third kappa shape index (κ3) is 4.08. The minimum Gasteiger partial charge on any atom is -0.360 e. The van der Waals surface area contributed by atoms with Gasteiger partial charge in [-0.1, -0.05) is 17.3 Å². The Morgan fingerprint density at radius 1 is 1.15 bits per heavy atom. The molecular formula is C23H24N6O4S. The van der Waals surface area contributed by atoms with E-state index in [1.54, 1.807) is 20.0 Å². The van der Waals surface area contributed by atoms with E-state index in [1.807, 2.05) is 47.1 Å². The van der Waals surface area contributed by atoms with Gasteiger partial charge >= 0.3 is 0 Å². The number of hydrogen-bond donors (Lipinski definition) is 1. The first kappa shape index (κ1) is 22.2. The van der Waals surface area contributed by atoms with Gasteiger partial charge in [-0.2, -0.15) is 4.31 Å². The fraction of sp³-hybridized carbons (Fsp3) is 0.304. The molecule has 1 fully saturated rings. The minimum atomic E-state index is -3.70. The average Bonchev–Trinajstić information content (AvgIpc) is 3.42. The number of aromatic nitrogens is 4. The fourth-order valence-electron chi connectivity index (χ4n) is 4.27. The van der Waals surface area contributed by atoms with Crippen LogP contribution in [0.15, 0.2) is 58.3 Å². The number of sulfonamides is 1. The first-order chi connectivity index (χ1) is 16.3. The third-order valence-corrected chi connectivity index (χ3v) is 8.22. The lowest BCUT2D eigenvalue weighted by Gasteiger charge is -2.30. The number of anilines is 1. The molecule has 4 heterocycles. The van der Waals surface area contributed by atoms with Gasteiger partial charge in [-0.15, -0.1) is 0 Å². The van der Waals surface area contributed by atoms with Crippen LogP contribution in [-0.4, -0.2) is 51.2 Å². The van der Waals surface area contributed by atoms with Crippen LogP contribution in [0.25, 0.3) is 17.0 Å². The Morgan fingerprint density at radius 3 is 2.53 bits per heavy atom. The lowest BCUT2D eigenvalue weighted by Crippen LogP contribution is -2.41. The molecule has 1 amide bonds. The molecule has 176 valence electrons. The molecule has 1 aliphatic heterocycles. The number of hydrogen-bond acceptors (Lipinski definition) is 7. The zero-order valence-electron chi connectivity index (χ0n) is 18.8. The summed E-state index contributed by atoms with van der Waals surface area (Å²) in [4.78, 5) is 21.7. The molecule has 10 nitrogen and oxygen atoms in total. The molecule has 0 bridgehead atoms. The van der Waals surface area contributed by atoms with E-state index in [0.29, 0.717) is 30.0 Å². The predicted octanol–water partition coefficient (Wildman–Crippen LogP) is 3.04. The highest BCUT2D eigenvalue weighted by molar-refractivity contribution is 7.89. The van der Waals surface area contributed by atoms with Gasteiger partial charge in [0.2, 0.25) is 21.7 Å². The monoisotopic (exact) mass is 480 g/mol. The molecule has 0 saturated carbocycles. The molecule has 0 spiro atoms. The van der Waals surface area contributed by atoms with E-state index in [0.717, 1.165) is 11.3 Å². The van der Waals surface area contributed by atoms with E-state index in [4.69, 9.17) is 4.52 Å². The molecule has 1 aromatic carbocycles. The molecule has 4 aromatic rings. The molecule has 0 radical (unpaired) electrons. The van der Waals surface area contributed by atoms with Crippen LogP contribution in [-0.2, 0) is 14.8 Å². The summed E-state index contributed by atoms with van der Waals surface area (Å²) in [5.41, 5.74) is 2.74. The van der Waals surface area contributed by atoms with Crippen LogP contribution < -0.4 is 5.32 Å². The van der Waals surface area contributed by atoms with Crippen LogP contribution in [0.4, 0.5) is 5.69 Å². The Labute approximate surface area is 196 Å². The van der Waals surface area contributed by atoms with E-state index in [9.17, 15) is 13.2 Å². The molecule has 0 unspecified atom stereocenters. The summed E-state index contributed by atoms with van der Waals surface area (Å²) < 4.78 is 34.2. The van der Waals surface area contributed by atoms with Gasteiger partial charge in [0.25, 0.3) is 0 Å². The van der Waals surface area contributed by atoms with Crippen LogP contribution >= 0.6 is 0 Å². The van der Waals surface area contributed by atoms with Crippen molar-refractivity contribution < 1.29 is 17.7 Å². The second-order valence-electron chi connectivity index (χ2n) is 8.35. The zero-order valence-corrected chi connectivity index (χ0v) is 19.6. The first-order valence-corrected chi connectivity index (χ1v) is 12.4. The molecule has 1 saturated heterocycles. The number of benzene rings is 1. The number of fused-ring (bicyclic) bond motifs is 1. The Bertz CT molecular complexity index is 1400. The van der Waals surface area contributed by atoms with Crippen molar-refractivity contribution in [3.63, 3.8) is 0 Å². The van der Waals surface area contributed by atoms with Crippen LogP contribution in [0.1, 0.15) is 24.3 Å². The molecule has 1 aliphatic rings. The fourth-order valence-corrected chi connectivity index (χ4v) is 6.03. The summed E-state index contributed by atoms with van der Waals surface area (Å²) in [7, 11) is -3.70. The van der Waals surface area contributed by atoms with E-state index < -0.39 is 10.0 Å². The number of amides is 1. The molecule has 1 N–H and O–H groups in total.